The van der Waals surface area contributed by atoms with Crippen molar-refractivity contribution in [3.05, 3.63) is 34.4 Å². The third-order valence-electron chi connectivity index (χ3n) is 4.78. The number of non-ortho nitro benzene ring substituents is 1. The molecule has 12 heteroatoms. The van der Waals surface area contributed by atoms with Crippen LogP contribution in [0.15, 0.2) is 34.2 Å². The molecule has 3 unspecified atom stereocenters. The summed E-state index contributed by atoms with van der Waals surface area (Å²) in [6.07, 6.45) is 3.64. The second-order valence-corrected chi connectivity index (χ2v) is 8.54. The van der Waals surface area contributed by atoms with E-state index in [1.165, 1.54) is 18.2 Å². The molecule has 3 N–H and O–H groups in total. The second-order valence-electron chi connectivity index (χ2n) is 6.77. The van der Waals surface area contributed by atoms with Crippen LogP contribution in [0.3, 0.4) is 0 Å². The van der Waals surface area contributed by atoms with E-state index in [9.17, 15) is 18.5 Å². The lowest BCUT2D eigenvalue weighted by atomic mass is 9.96. The summed E-state index contributed by atoms with van der Waals surface area (Å²) < 4.78 is 32.9. The monoisotopic (exact) mass is 539 g/mol. The van der Waals surface area contributed by atoms with Crippen LogP contribution in [0.2, 0.25) is 0 Å². The predicted molar refractivity (Wildman–Crippen MR) is 119 cm³/mol. The third-order valence-corrected chi connectivity index (χ3v) is 6.24. The van der Waals surface area contributed by atoms with E-state index in [1.807, 2.05) is 6.92 Å². The van der Waals surface area contributed by atoms with Crippen LogP contribution in [0.4, 0.5) is 5.69 Å². The van der Waals surface area contributed by atoms with Crippen molar-refractivity contribution in [2.75, 3.05) is 19.6 Å². The van der Waals surface area contributed by atoms with Gasteiger partial charge in [-0.2, -0.15) is 0 Å². The maximum Gasteiger partial charge on any atom is 0.270 e. The van der Waals surface area contributed by atoms with Crippen LogP contribution in [0.1, 0.15) is 26.2 Å². The van der Waals surface area contributed by atoms with Crippen LogP contribution in [-0.2, 0) is 14.8 Å². The van der Waals surface area contributed by atoms with Crippen LogP contribution < -0.4 is 15.4 Å². The van der Waals surface area contributed by atoms with Gasteiger partial charge in [-0.25, -0.2) is 13.1 Å². The third kappa shape index (κ3) is 6.23. The summed E-state index contributed by atoms with van der Waals surface area (Å²) in [6.45, 7) is 2.95. The number of aliphatic imine (C=N–C) groups is 1. The van der Waals surface area contributed by atoms with Gasteiger partial charge in [-0.1, -0.05) is 6.07 Å². The number of nitrogens with one attached hydrogen (secondary N) is 3. The molecule has 2 saturated heterocycles. The van der Waals surface area contributed by atoms with Gasteiger partial charge >= 0.3 is 0 Å². The Hall–Kier alpha value is -1.51. The van der Waals surface area contributed by atoms with Gasteiger partial charge in [0.2, 0.25) is 10.0 Å². The van der Waals surface area contributed by atoms with Gasteiger partial charge in [0, 0.05) is 25.2 Å². The van der Waals surface area contributed by atoms with Gasteiger partial charge in [-0.15, -0.1) is 24.0 Å². The molecule has 3 rings (SSSR count). The number of hydrogen-bond acceptors (Lipinski definition) is 6. The highest BCUT2D eigenvalue weighted by molar-refractivity contribution is 14.0. The normalized spacial score (nSPS) is 23.5. The van der Waals surface area contributed by atoms with Crippen molar-refractivity contribution in [2.45, 2.75) is 49.3 Å². The molecule has 0 radical (unpaired) electrons. The number of benzene rings is 1. The first-order chi connectivity index (χ1) is 13.4. The summed E-state index contributed by atoms with van der Waals surface area (Å²) >= 11 is 0. The largest absolute Gasteiger partial charge is 0.373 e. The van der Waals surface area contributed by atoms with E-state index in [0.717, 1.165) is 25.3 Å². The molecule has 10 nitrogen and oxygen atoms in total. The number of hydrogen-bond donors (Lipinski definition) is 3. The summed E-state index contributed by atoms with van der Waals surface area (Å²) in [5.41, 5.74) is -0.271. The molecule has 2 fully saturated rings. The maximum atomic E-state index is 12.3. The number of fused-ring (bicyclic) bond motifs is 2. The van der Waals surface area contributed by atoms with Crippen LogP contribution in [0, 0.1) is 10.1 Å². The first-order valence-electron chi connectivity index (χ1n) is 9.33. The van der Waals surface area contributed by atoms with Crippen molar-refractivity contribution in [3.63, 3.8) is 0 Å². The zero-order valence-corrected chi connectivity index (χ0v) is 19.2. The molecule has 3 atom stereocenters. The van der Waals surface area contributed by atoms with Gasteiger partial charge in [0.1, 0.15) is 0 Å². The van der Waals surface area contributed by atoms with E-state index < -0.39 is 14.9 Å². The van der Waals surface area contributed by atoms with E-state index in [-0.39, 0.29) is 59.8 Å². The van der Waals surface area contributed by atoms with Crippen molar-refractivity contribution in [2.24, 2.45) is 4.99 Å². The van der Waals surface area contributed by atoms with Crippen molar-refractivity contribution in [1.82, 2.24) is 15.4 Å². The number of nitro benzene ring substituents is 1. The van der Waals surface area contributed by atoms with Crippen molar-refractivity contribution in [1.29, 1.82) is 0 Å². The van der Waals surface area contributed by atoms with Gasteiger partial charge < -0.3 is 15.4 Å². The lowest BCUT2D eigenvalue weighted by molar-refractivity contribution is -0.385. The quantitative estimate of drug-likeness (QED) is 0.113. The van der Waals surface area contributed by atoms with Crippen molar-refractivity contribution in [3.8, 4) is 0 Å². The Balaban J connectivity index is 0.00000300. The second kappa shape index (κ2) is 10.5. The average Bonchev–Trinajstić information content (AvgIpc) is 3.28. The number of nitrogens with zero attached hydrogens (tertiary/aromatic N) is 2. The highest BCUT2D eigenvalue weighted by Crippen LogP contribution is 2.34. The molecule has 1 aromatic carbocycles. The zero-order chi connectivity index (χ0) is 20.1. The Bertz CT molecular complexity index is 850. The predicted octanol–water partition coefficient (Wildman–Crippen LogP) is 1.37. The Morgan fingerprint density at radius 1 is 1.38 bits per heavy atom. The topological polar surface area (TPSA) is 135 Å². The molecule has 0 saturated carbocycles. The van der Waals surface area contributed by atoms with E-state index in [0.29, 0.717) is 18.6 Å². The molecule has 0 amide bonds. The lowest BCUT2D eigenvalue weighted by Crippen LogP contribution is -2.47. The van der Waals surface area contributed by atoms with Crippen molar-refractivity contribution >= 4 is 45.6 Å². The van der Waals surface area contributed by atoms with Crippen LogP contribution in [0.25, 0.3) is 0 Å². The summed E-state index contributed by atoms with van der Waals surface area (Å²) in [7, 11) is -3.84. The highest BCUT2D eigenvalue weighted by Gasteiger charge is 2.41. The minimum Gasteiger partial charge on any atom is -0.373 e. The Morgan fingerprint density at radius 2 is 2.17 bits per heavy atom. The molecule has 0 aliphatic carbocycles. The van der Waals surface area contributed by atoms with E-state index in [1.54, 1.807) is 0 Å². The standard InChI is InChI=1S/C17H25N5O5S.HI/c1-2-18-17(21-15-11-13-6-7-16(15)27-13)19-8-9-20-28(25,26)14-5-3-4-12(10-14)22(23)24;/h3-5,10,13,15-16,20H,2,6-9,11H2,1H3,(H2,18,19,21);1H. The van der Waals surface area contributed by atoms with Gasteiger partial charge in [0.25, 0.3) is 5.69 Å². The minimum atomic E-state index is -3.84. The smallest absolute Gasteiger partial charge is 0.270 e. The number of guanidine groups is 1. The number of ether oxygens (including phenoxy) is 1. The first kappa shape index (κ1) is 23.8. The minimum absolute atomic E-state index is 0. The number of halogens is 1. The van der Waals surface area contributed by atoms with E-state index in [2.05, 4.69) is 20.3 Å². The van der Waals surface area contributed by atoms with Crippen LogP contribution in [-0.4, -0.2) is 57.2 Å². The molecule has 2 aliphatic rings. The summed E-state index contributed by atoms with van der Waals surface area (Å²) in [6, 6.07) is 5.16. The van der Waals surface area contributed by atoms with Gasteiger partial charge in [-0.05, 0) is 32.3 Å². The van der Waals surface area contributed by atoms with Crippen LogP contribution >= 0.6 is 24.0 Å². The Labute approximate surface area is 187 Å². The molecule has 0 spiro atoms. The van der Waals surface area contributed by atoms with Gasteiger partial charge in [0.15, 0.2) is 5.96 Å². The molecular weight excluding hydrogens is 513 g/mol. The molecule has 0 aromatic heterocycles. The lowest BCUT2D eigenvalue weighted by Gasteiger charge is -2.22. The summed E-state index contributed by atoms with van der Waals surface area (Å²) in [5.74, 6) is 0.623. The van der Waals surface area contributed by atoms with E-state index in [4.69, 9.17) is 4.74 Å². The fourth-order valence-corrected chi connectivity index (χ4v) is 4.54. The number of nitro groups is 1. The molecular formula is C17H26IN5O5S. The Morgan fingerprint density at radius 3 is 2.79 bits per heavy atom. The Kier molecular flexibility index (Phi) is 8.60. The van der Waals surface area contributed by atoms with E-state index >= 15 is 0 Å². The molecule has 2 heterocycles. The maximum absolute atomic E-state index is 12.3. The number of sulfonamides is 1. The SMILES string of the molecule is CCNC(=NCCNS(=O)(=O)c1cccc([N+](=O)[O-])c1)NC1CC2CCC1O2.I. The first-order valence-corrected chi connectivity index (χ1v) is 10.8. The fourth-order valence-electron chi connectivity index (χ4n) is 3.48. The number of rotatable bonds is 8. The molecule has 29 heavy (non-hydrogen) atoms. The molecule has 2 aliphatic heterocycles. The average molecular weight is 539 g/mol. The molecule has 2 bridgehead atoms. The van der Waals surface area contributed by atoms with Crippen LogP contribution in [0.5, 0.6) is 0 Å². The highest BCUT2D eigenvalue weighted by atomic mass is 127. The summed E-state index contributed by atoms with van der Waals surface area (Å²) in [4.78, 5) is 14.5. The molecule has 162 valence electrons. The molecule has 1 aromatic rings. The summed E-state index contributed by atoms with van der Waals surface area (Å²) in [5, 5.41) is 17.3. The zero-order valence-electron chi connectivity index (χ0n) is 16.0. The van der Waals surface area contributed by atoms with Gasteiger partial charge in [0.05, 0.1) is 34.6 Å². The van der Waals surface area contributed by atoms with Crippen molar-refractivity contribution < 1.29 is 18.1 Å². The van der Waals surface area contributed by atoms with Gasteiger partial charge in [-0.3, -0.25) is 15.1 Å². The fraction of sp³-hybridized carbons (Fsp3) is 0.588.